The molecule has 224 valence electrons. The van der Waals surface area contributed by atoms with E-state index in [2.05, 4.69) is 4.90 Å². The molecule has 6 nitrogen and oxygen atoms in total. The Labute approximate surface area is 261 Å². The van der Waals surface area contributed by atoms with Gasteiger partial charge in [0, 0.05) is 34.6 Å². The molecule has 3 fully saturated rings. The average molecular weight is 621 g/mol. The molecule has 1 unspecified atom stereocenters. The number of benzene rings is 3. The van der Waals surface area contributed by atoms with Gasteiger partial charge in [-0.15, -0.1) is 0 Å². The monoisotopic (exact) mass is 619 g/mol. The van der Waals surface area contributed by atoms with Crippen molar-refractivity contribution in [3.63, 3.8) is 0 Å². The van der Waals surface area contributed by atoms with Crippen LogP contribution in [0.1, 0.15) is 59.9 Å². The maximum Gasteiger partial charge on any atom is 0.310 e. The molecule has 3 aromatic rings. The third-order valence-electron chi connectivity index (χ3n) is 10.9. The highest BCUT2D eigenvalue weighted by atomic mass is 35.5. The maximum absolute atomic E-state index is 13.6. The summed E-state index contributed by atoms with van der Waals surface area (Å²) in [4.78, 5) is 16.1. The first-order chi connectivity index (χ1) is 20.8. The van der Waals surface area contributed by atoms with Gasteiger partial charge in [0.1, 0.15) is 12.2 Å². The van der Waals surface area contributed by atoms with Gasteiger partial charge in [-0.2, -0.15) is 0 Å². The van der Waals surface area contributed by atoms with Crippen LogP contribution in [0.15, 0.2) is 54.6 Å². The molecular weight excluding hydrogens is 585 g/mol. The van der Waals surface area contributed by atoms with Crippen LogP contribution in [0.2, 0.25) is 10.0 Å². The summed E-state index contributed by atoms with van der Waals surface area (Å²) in [6, 6.07) is 16.9. The Kier molecular flexibility index (Phi) is 6.54. The molecule has 1 spiro atoms. The maximum atomic E-state index is 13.6. The van der Waals surface area contributed by atoms with Gasteiger partial charge in [0.25, 0.3) is 0 Å². The predicted octanol–water partition coefficient (Wildman–Crippen LogP) is 6.01. The van der Waals surface area contributed by atoms with Crippen molar-refractivity contribution in [3.05, 3.63) is 92.5 Å². The number of nitrogens with zero attached hydrogens (tertiary/aromatic N) is 1. The Balaban J connectivity index is 1.08. The highest BCUT2D eigenvalue weighted by molar-refractivity contribution is 6.36. The number of carbonyl (C=O) groups excluding carboxylic acids is 1. The van der Waals surface area contributed by atoms with E-state index >= 15 is 0 Å². The third-order valence-corrected chi connectivity index (χ3v) is 11.6. The summed E-state index contributed by atoms with van der Waals surface area (Å²) in [5.74, 6) is 0.923. The van der Waals surface area contributed by atoms with E-state index in [4.69, 9.17) is 32.7 Å². The van der Waals surface area contributed by atoms with E-state index in [9.17, 15) is 15.0 Å². The van der Waals surface area contributed by atoms with Crippen molar-refractivity contribution in [1.82, 2.24) is 4.90 Å². The lowest BCUT2D eigenvalue weighted by Gasteiger charge is -2.64. The molecule has 0 amide bonds. The molecule has 8 rings (SSSR count). The van der Waals surface area contributed by atoms with Crippen LogP contribution < -0.4 is 4.74 Å². The second-order valence-corrected chi connectivity index (χ2v) is 14.0. The molecule has 0 radical (unpaired) electrons. The lowest BCUT2D eigenvalue weighted by Crippen LogP contribution is -2.77. The second kappa shape index (κ2) is 10.1. The van der Waals surface area contributed by atoms with E-state index in [-0.39, 0.29) is 24.2 Å². The summed E-state index contributed by atoms with van der Waals surface area (Å²) in [5.41, 5.74) is 2.97. The van der Waals surface area contributed by atoms with Gasteiger partial charge >= 0.3 is 5.97 Å². The molecule has 43 heavy (non-hydrogen) atoms. The van der Waals surface area contributed by atoms with Gasteiger partial charge < -0.3 is 19.7 Å². The highest BCUT2D eigenvalue weighted by Crippen LogP contribution is 2.65. The highest BCUT2D eigenvalue weighted by Gasteiger charge is 2.73. The molecule has 1 saturated heterocycles. The van der Waals surface area contributed by atoms with E-state index < -0.39 is 23.2 Å². The Morgan fingerprint density at radius 1 is 1.00 bits per heavy atom. The SMILES string of the molecule is O=C(Cc1ccccc1Cc1c(Cl)cccc1Cl)O[C@@H]1CC[C@@]2(O)[C@H]3Cc4ccc(O)c5c4[C@@]2(CCN3CC2CC2)C1O5. The summed E-state index contributed by atoms with van der Waals surface area (Å²) in [7, 11) is 0. The fourth-order valence-electron chi connectivity index (χ4n) is 8.72. The standard InChI is InChI=1S/C35H35Cl2NO5/c36-25-6-3-7-26(37)24(25)16-21-4-1-2-5-22(21)18-30(40)42-28-12-13-35(41)29-17-23-10-11-27(39)32-31(23)34(35,33(28)43-32)14-15-38(29)19-20-8-9-20/h1-7,10-11,20,28-29,33,39,41H,8-9,12-19H2/t28-,29-,33?,34+,35-/m1/s1. The first kappa shape index (κ1) is 27.8. The molecule has 3 aliphatic carbocycles. The van der Waals surface area contributed by atoms with E-state index in [1.807, 2.05) is 48.5 Å². The minimum absolute atomic E-state index is 0.0175. The van der Waals surface area contributed by atoms with Crippen molar-refractivity contribution in [2.24, 2.45) is 5.92 Å². The van der Waals surface area contributed by atoms with Gasteiger partial charge in [-0.3, -0.25) is 9.69 Å². The number of carbonyl (C=O) groups is 1. The van der Waals surface area contributed by atoms with Gasteiger partial charge in [-0.05, 0) is 91.4 Å². The summed E-state index contributed by atoms with van der Waals surface area (Å²) < 4.78 is 12.8. The van der Waals surface area contributed by atoms with Crippen molar-refractivity contribution in [2.45, 2.75) is 80.6 Å². The fourth-order valence-corrected chi connectivity index (χ4v) is 9.25. The van der Waals surface area contributed by atoms with Gasteiger partial charge in [-0.25, -0.2) is 0 Å². The van der Waals surface area contributed by atoms with E-state index in [1.54, 1.807) is 6.07 Å². The summed E-state index contributed by atoms with van der Waals surface area (Å²) in [5, 5.41) is 24.7. The van der Waals surface area contributed by atoms with Crippen molar-refractivity contribution in [1.29, 1.82) is 0 Å². The molecule has 2 aliphatic heterocycles. The van der Waals surface area contributed by atoms with Crippen LogP contribution in [-0.4, -0.2) is 58.0 Å². The summed E-state index contributed by atoms with van der Waals surface area (Å²) in [6.45, 7) is 1.88. The van der Waals surface area contributed by atoms with Crippen LogP contribution in [0.5, 0.6) is 11.5 Å². The number of hydrogen-bond acceptors (Lipinski definition) is 6. The number of phenols is 1. The fraction of sp³-hybridized carbons (Fsp3) is 0.457. The zero-order chi connectivity index (χ0) is 29.5. The first-order valence-electron chi connectivity index (χ1n) is 15.5. The van der Waals surface area contributed by atoms with Crippen LogP contribution in [0.3, 0.4) is 0 Å². The number of likely N-dealkylation sites (tertiary alicyclic amines) is 1. The number of ether oxygens (including phenoxy) is 2. The van der Waals surface area contributed by atoms with Crippen LogP contribution in [0.25, 0.3) is 0 Å². The van der Waals surface area contributed by atoms with Crippen LogP contribution in [-0.2, 0) is 34.2 Å². The molecule has 5 atom stereocenters. The van der Waals surface area contributed by atoms with Gasteiger partial charge in [0.2, 0.25) is 0 Å². The normalized spacial score (nSPS) is 30.4. The van der Waals surface area contributed by atoms with Gasteiger partial charge in [-0.1, -0.05) is 59.6 Å². The summed E-state index contributed by atoms with van der Waals surface area (Å²) in [6.07, 6.45) is 4.50. The minimum Gasteiger partial charge on any atom is -0.504 e. The Morgan fingerprint density at radius 2 is 1.77 bits per heavy atom. The van der Waals surface area contributed by atoms with Crippen molar-refractivity contribution in [3.8, 4) is 11.5 Å². The average Bonchev–Trinajstić information content (AvgIpc) is 3.72. The minimum atomic E-state index is -1.01. The molecule has 0 aromatic heterocycles. The molecule has 3 aromatic carbocycles. The van der Waals surface area contributed by atoms with Crippen LogP contribution >= 0.6 is 23.2 Å². The van der Waals surface area contributed by atoms with E-state index in [1.165, 1.54) is 12.8 Å². The molecule has 2 heterocycles. The van der Waals surface area contributed by atoms with Crippen LogP contribution in [0, 0.1) is 5.92 Å². The molecule has 2 saturated carbocycles. The smallest absolute Gasteiger partial charge is 0.310 e. The lowest BCUT2D eigenvalue weighted by atomic mass is 9.48. The Morgan fingerprint density at radius 3 is 2.53 bits per heavy atom. The van der Waals surface area contributed by atoms with Gasteiger partial charge in [0.05, 0.1) is 17.4 Å². The van der Waals surface area contributed by atoms with Crippen LogP contribution in [0.4, 0.5) is 0 Å². The molecular formula is C35H35Cl2NO5. The zero-order valence-corrected chi connectivity index (χ0v) is 25.4. The Hall–Kier alpha value is -2.77. The molecule has 2 N–H and O–H groups in total. The largest absolute Gasteiger partial charge is 0.504 e. The Bertz CT molecular complexity index is 1600. The number of esters is 1. The number of hydrogen-bond donors (Lipinski definition) is 2. The van der Waals surface area contributed by atoms with Crippen molar-refractivity contribution < 1.29 is 24.5 Å². The quantitative estimate of drug-likeness (QED) is 0.315. The van der Waals surface area contributed by atoms with Crippen molar-refractivity contribution >= 4 is 29.2 Å². The molecule has 5 aliphatic rings. The lowest BCUT2D eigenvalue weighted by molar-refractivity contribution is -0.216. The number of piperidine rings is 1. The number of rotatable bonds is 7. The first-order valence-corrected chi connectivity index (χ1v) is 16.2. The number of aromatic hydroxyl groups is 1. The second-order valence-electron chi connectivity index (χ2n) is 13.2. The van der Waals surface area contributed by atoms with Crippen molar-refractivity contribution in [2.75, 3.05) is 13.1 Å². The predicted molar refractivity (Wildman–Crippen MR) is 164 cm³/mol. The summed E-state index contributed by atoms with van der Waals surface area (Å²) >= 11 is 12.9. The molecule has 2 bridgehead atoms. The van der Waals surface area contributed by atoms with E-state index in [0.29, 0.717) is 41.5 Å². The molecule has 8 heteroatoms. The van der Waals surface area contributed by atoms with Gasteiger partial charge in [0.15, 0.2) is 11.5 Å². The number of aliphatic hydroxyl groups is 1. The zero-order valence-electron chi connectivity index (χ0n) is 23.9. The topological polar surface area (TPSA) is 79.2 Å². The number of phenolic OH excluding ortho intramolecular Hbond substituents is 1. The number of halogens is 2. The van der Waals surface area contributed by atoms with E-state index in [0.717, 1.165) is 53.2 Å². The third kappa shape index (κ3) is 4.24.